The summed E-state index contributed by atoms with van der Waals surface area (Å²) >= 11 is 1.41. The quantitative estimate of drug-likeness (QED) is 0.249. The first-order valence-electron chi connectivity index (χ1n) is 13.2. The van der Waals surface area contributed by atoms with Crippen molar-refractivity contribution in [2.75, 3.05) is 30.3 Å². The Kier molecular flexibility index (Phi) is 9.62. The molecule has 1 aliphatic carbocycles. The van der Waals surface area contributed by atoms with Crippen molar-refractivity contribution in [1.82, 2.24) is 4.98 Å². The molecule has 2 aromatic carbocycles. The highest BCUT2D eigenvalue weighted by molar-refractivity contribution is 7.92. The Morgan fingerprint density at radius 1 is 1.12 bits per heavy atom. The summed E-state index contributed by atoms with van der Waals surface area (Å²) in [5, 5.41) is 4.10. The van der Waals surface area contributed by atoms with Crippen LogP contribution in [-0.4, -0.2) is 39.6 Å². The molecule has 1 heterocycles. The lowest BCUT2D eigenvalue weighted by atomic mass is 9.80. The molecule has 0 unspecified atom stereocenters. The zero-order valence-corrected chi connectivity index (χ0v) is 24.3. The lowest BCUT2D eigenvalue weighted by Gasteiger charge is -2.27. The number of carbonyl (C=O) groups excluding carboxylic acids is 1. The van der Waals surface area contributed by atoms with Crippen LogP contribution in [0.4, 0.5) is 19.6 Å². The highest BCUT2D eigenvalue weighted by Crippen LogP contribution is 2.37. The van der Waals surface area contributed by atoms with Crippen molar-refractivity contribution in [3.63, 3.8) is 0 Å². The number of esters is 1. The third-order valence-electron chi connectivity index (χ3n) is 6.98. The predicted molar refractivity (Wildman–Crippen MR) is 151 cm³/mol. The Morgan fingerprint density at radius 2 is 1.88 bits per heavy atom. The van der Waals surface area contributed by atoms with E-state index in [4.69, 9.17) is 9.47 Å². The van der Waals surface area contributed by atoms with E-state index in [1.165, 1.54) is 30.6 Å². The predicted octanol–water partition coefficient (Wildman–Crippen LogP) is 6.38. The van der Waals surface area contributed by atoms with Crippen molar-refractivity contribution in [1.29, 1.82) is 0 Å². The maximum Gasteiger partial charge on any atom is 0.308 e. The molecule has 4 rings (SSSR count). The number of halogens is 2. The van der Waals surface area contributed by atoms with Gasteiger partial charge < -0.3 is 14.8 Å². The Bertz CT molecular complexity index is 1450. The topological polar surface area (TPSA) is 107 Å². The molecule has 0 bridgehead atoms. The number of nitrogens with zero attached hydrogens (tertiary/aromatic N) is 1. The van der Waals surface area contributed by atoms with Gasteiger partial charge >= 0.3 is 5.97 Å². The van der Waals surface area contributed by atoms with Gasteiger partial charge in [0.1, 0.15) is 22.3 Å². The summed E-state index contributed by atoms with van der Waals surface area (Å²) in [4.78, 5) is 17.2. The zero-order valence-electron chi connectivity index (χ0n) is 22.6. The number of benzene rings is 2. The summed E-state index contributed by atoms with van der Waals surface area (Å²) in [6.07, 6.45) is 4.66. The molecule has 1 saturated carbocycles. The number of thiazole rings is 1. The van der Waals surface area contributed by atoms with Crippen molar-refractivity contribution in [2.24, 2.45) is 11.8 Å². The van der Waals surface area contributed by atoms with E-state index in [-0.39, 0.29) is 28.2 Å². The van der Waals surface area contributed by atoms with Crippen LogP contribution in [0, 0.1) is 30.4 Å². The number of anilines is 2. The normalized spacial score (nSPS) is 17.3. The number of methoxy groups -OCH3 is 1. The Balaban J connectivity index is 1.43. The van der Waals surface area contributed by atoms with Gasteiger partial charge in [-0.25, -0.2) is 22.2 Å². The molecule has 1 aliphatic rings. The molecule has 12 heteroatoms. The third kappa shape index (κ3) is 7.08. The Hall–Kier alpha value is -3.25. The smallest absolute Gasteiger partial charge is 0.308 e. The number of hydrogen-bond donors (Lipinski definition) is 2. The second-order valence-corrected chi connectivity index (χ2v) is 12.4. The molecule has 0 atom stereocenters. The minimum Gasteiger partial charge on any atom is -0.495 e. The van der Waals surface area contributed by atoms with Crippen LogP contribution in [0.2, 0.25) is 0 Å². The highest BCUT2D eigenvalue weighted by Gasteiger charge is 2.27. The summed E-state index contributed by atoms with van der Waals surface area (Å²) in [6, 6.07) is 7.32. The van der Waals surface area contributed by atoms with Crippen LogP contribution < -0.4 is 14.8 Å². The van der Waals surface area contributed by atoms with E-state index in [0.717, 1.165) is 66.5 Å². The number of ether oxygens (including phenoxy) is 2. The highest BCUT2D eigenvalue weighted by atomic mass is 32.2. The van der Waals surface area contributed by atoms with E-state index in [2.05, 4.69) is 15.0 Å². The summed E-state index contributed by atoms with van der Waals surface area (Å²) in [5.41, 5.74) is 0.971. The van der Waals surface area contributed by atoms with Crippen molar-refractivity contribution in [2.45, 2.75) is 50.8 Å². The van der Waals surface area contributed by atoms with E-state index >= 15 is 0 Å². The molecule has 3 aromatic rings. The summed E-state index contributed by atoms with van der Waals surface area (Å²) in [6.45, 7) is 4.82. The first-order valence-corrected chi connectivity index (χ1v) is 15.5. The van der Waals surface area contributed by atoms with Crippen molar-refractivity contribution >= 4 is 38.1 Å². The van der Waals surface area contributed by atoms with Crippen LogP contribution in [0.3, 0.4) is 0 Å². The van der Waals surface area contributed by atoms with Gasteiger partial charge in [-0.3, -0.25) is 9.52 Å². The maximum absolute atomic E-state index is 14.1. The Labute approximate surface area is 237 Å². The van der Waals surface area contributed by atoms with Gasteiger partial charge in [0.2, 0.25) is 0 Å². The molecule has 40 heavy (non-hydrogen) atoms. The monoisotopic (exact) mass is 593 g/mol. The van der Waals surface area contributed by atoms with Crippen LogP contribution >= 0.6 is 11.3 Å². The van der Waals surface area contributed by atoms with Crippen LogP contribution in [0.5, 0.6) is 5.75 Å². The van der Waals surface area contributed by atoms with E-state index in [1.807, 2.05) is 13.8 Å². The van der Waals surface area contributed by atoms with Gasteiger partial charge in [-0.1, -0.05) is 11.3 Å². The van der Waals surface area contributed by atoms with E-state index in [1.54, 1.807) is 6.07 Å². The largest absolute Gasteiger partial charge is 0.495 e. The molecule has 0 aliphatic heterocycles. The van der Waals surface area contributed by atoms with Gasteiger partial charge in [0.25, 0.3) is 10.0 Å². The van der Waals surface area contributed by atoms with E-state index in [9.17, 15) is 22.0 Å². The molecule has 2 N–H and O–H groups in total. The number of carbonyl (C=O) groups is 1. The van der Waals surface area contributed by atoms with Gasteiger partial charge in [-0.15, -0.1) is 0 Å². The zero-order chi connectivity index (χ0) is 28.9. The van der Waals surface area contributed by atoms with Gasteiger partial charge in [0.15, 0.2) is 5.13 Å². The lowest BCUT2D eigenvalue weighted by molar-refractivity contribution is -0.149. The minimum atomic E-state index is -4.27. The first-order chi connectivity index (χ1) is 19.1. The SMILES string of the molecule is CCOC(=O)C1CCC(CCNc2nc(C)c(-c3ccc(OC)c(S(=O)(=O)Nc4ccc(F)cc4F)c3)s2)CC1. The standard InChI is InChI=1S/C28H33F2N3O5S2/c1-4-38-27(34)19-7-5-18(6-8-19)13-14-31-28-32-17(2)26(39-28)20-9-12-24(37-3)25(15-20)40(35,36)33-23-11-10-21(29)16-22(23)30/h9-12,15-16,18-19,33H,4-8,13-14H2,1-3H3,(H,31,32). The summed E-state index contributed by atoms with van der Waals surface area (Å²) in [7, 11) is -2.92. The molecule has 8 nitrogen and oxygen atoms in total. The molecule has 0 saturated heterocycles. The van der Waals surface area contributed by atoms with Crippen molar-refractivity contribution < 1.29 is 31.5 Å². The first kappa shape index (κ1) is 29.7. The molecule has 1 aromatic heterocycles. The summed E-state index contributed by atoms with van der Waals surface area (Å²) < 4.78 is 66.4. The molecular formula is C28H33F2N3O5S2. The average molecular weight is 594 g/mol. The number of aromatic nitrogens is 1. The van der Waals surface area contributed by atoms with Gasteiger partial charge in [0, 0.05) is 12.6 Å². The maximum atomic E-state index is 14.1. The fourth-order valence-electron chi connectivity index (χ4n) is 4.87. The van der Waals surface area contributed by atoms with E-state index < -0.39 is 21.7 Å². The summed E-state index contributed by atoms with van der Waals surface area (Å²) in [5.74, 6) is -1.30. The third-order valence-corrected chi connectivity index (χ3v) is 9.53. The number of hydrogen-bond acceptors (Lipinski definition) is 8. The van der Waals surface area contributed by atoms with E-state index in [0.29, 0.717) is 24.2 Å². The average Bonchev–Trinajstić information content (AvgIpc) is 3.30. The fourth-order valence-corrected chi connectivity index (χ4v) is 7.12. The van der Waals surface area contributed by atoms with Crippen LogP contribution in [0.1, 0.15) is 44.7 Å². The van der Waals surface area contributed by atoms with Gasteiger partial charge in [0.05, 0.1) is 35.9 Å². The second kappa shape index (κ2) is 12.9. The van der Waals surface area contributed by atoms with Gasteiger partial charge in [-0.05, 0) is 87.8 Å². The molecular weight excluding hydrogens is 560 g/mol. The number of rotatable bonds is 11. The molecule has 0 amide bonds. The van der Waals surface area contributed by atoms with Crippen LogP contribution in [-0.2, 0) is 19.6 Å². The van der Waals surface area contributed by atoms with Gasteiger partial charge in [-0.2, -0.15) is 0 Å². The minimum absolute atomic E-state index is 0.0106. The molecule has 1 fully saturated rings. The molecule has 0 spiro atoms. The van der Waals surface area contributed by atoms with Crippen molar-refractivity contribution in [3.05, 3.63) is 53.7 Å². The second-order valence-electron chi connectivity index (χ2n) is 9.71. The molecule has 0 radical (unpaired) electrons. The van der Waals surface area contributed by atoms with Crippen LogP contribution in [0.25, 0.3) is 10.4 Å². The van der Waals surface area contributed by atoms with Crippen molar-refractivity contribution in [3.8, 4) is 16.2 Å². The molecule has 216 valence electrons. The Morgan fingerprint density at radius 3 is 2.55 bits per heavy atom. The number of aryl methyl sites for hydroxylation is 1. The number of sulfonamides is 1. The van der Waals surface area contributed by atoms with Crippen LogP contribution in [0.15, 0.2) is 41.3 Å². The lowest BCUT2D eigenvalue weighted by Crippen LogP contribution is -2.24. The number of nitrogens with one attached hydrogen (secondary N) is 2. The fraction of sp³-hybridized carbons (Fsp3) is 0.429.